The molecule has 1 aromatic rings. The number of sulfonamides is 1. The van der Waals surface area contributed by atoms with Crippen molar-refractivity contribution >= 4 is 21.6 Å². The van der Waals surface area contributed by atoms with Gasteiger partial charge in [-0.05, 0) is 56.9 Å². The standard InChI is InChI=1S/C17H24N2O4S/c1-11-8-13(24(21,22)18-10-12-6-5-7-23-12)9-14-15(11)19(4)16(20)17(14,2)3/h8-9,12,18H,5-7,10H2,1-4H3/t12-/m1/s1. The van der Waals surface area contributed by atoms with Gasteiger partial charge < -0.3 is 9.64 Å². The summed E-state index contributed by atoms with van der Waals surface area (Å²) in [4.78, 5) is 14.3. The molecular formula is C17H24N2O4S. The second-order valence-electron chi connectivity index (χ2n) is 7.11. The molecule has 0 unspecified atom stereocenters. The molecule has 24 heavy (non-hydrogen) atoms. The lowest BCUT2D eigenvalue weighted by atomic mass is 9.85. The number of benzene rings is 1. The first-order chi connectivity index (χ1) is 11.1. The van der Waals surface area contributed by atoms with Gasteiger partial charge in [0.25, 0.3) is 0 Å². The number of rotatable bonds is 4. The van der Waals surface area contributed by atoms with Crippen LogP contribution in [0.15, 0.2) is 17.0 Å². The minimum Gasteiger partial charge on any atom is -0.377 e. The Labute approximate surface area is 143 Å². The largest absolute Gasteiger partial charge is 0.377 e. The number of nitrogens with zero attached hydrogens (tertiary/aromatic N) is 1. The van der Waals surface area contributed by atoms with Crippen molar-refractivity contribution in [2.45, 2.75) is 50.0 Å². The number of fused-ring (bicyclic) bond motifs is 1. The highest BCUT2D eigenvalue weighted by molar-refractivity contribution is 7.89. The first-order valence-corrected chi connectivity index (χ1v) is 9.67. The van der Waals surface area contributed by atoms with Crippen LogP contribution >= 0.6 is 0 Å². The van der Waals surface area contributed by atoms with Crippen molar-refractivity contribution in [3.05, 3.63) is 23.3 Å². The number of carbonyl (C=O) groups excluding carboxylic acids is 1. The van der Waals surface area contributed by atoms with Gasteiger partial charge in [0.05, 0.1) is 22.1 Å². The van der Waals surface area contributed by atoms with Gasteiger partial charge in [-0.3, -0.25) is 4.79 Å². The quantitative estimate of drug-likeness (QED) is 0.895. The predicted octanol–water partition coefficient (Wildman–Crippen LogP) is 1.71. The van der Waals surface area contributed by atoms with Crippen molar-refractivity contribution in [2.75, 3.05) is 25.1 Å². The number of anilines is 1. The predicted molar refractivity (Wildman–Crippen MR) is 91.8 cm³/mol. The van der Waals surface area contributed by atoms with Crippen LogP contribution in [-0.2, 0) is 25.0 Å². The van der Waals surface area contributed by atoms with Crippen LogP contribution in [0.5, 0.6) is 0 Å². The van der Waals surface area contributed by atoms with E-state index in [0.717, 1.165) is 29.7 Å². The molecule has 2 aliphatic heterocycles. The van der Waals surface area contributed by atoms with E-state index in [1.165, 1.54) is 0 Å². The van der Waals surface area contributed by atoms with E-state index < -0.39 is 15.4 Å². The van der Waals surface area contributed by atoms with Gasteiger partial charge in [0.2, 0.25) is 15.9 Å². The molecule has 3 rings (SSSR count). The molecule has 6 nitrogen and oxygen atoms in total. The highest BCUT2D eigenvalue weighted by atomic mass is 32.2. The minimum absolute atomic E-state index is 0.0255. The maximum absolute atomic E-state index is 12.6. The second kappa shape index (κ2) is 5.82. The number of amides is 1. The van der Waals surface area contributed by atoms with Gasteiger partial charge in [0.15, 0.2) is 0 Å². The summed E-state index contributed by atoms with van der Waals surface area (Å²) in [6.45, 7) is 6.46. The molecule has 132 valence electrons. The van der Waals surface area contributed by atoms with Crippen LogP contribution < -0.4 is 9.62 Å². The summed E-state index contributed by atoms with van der Waals surface area (Å²) in [6, 6.07) is 3.25. The Bertz CT molecular complexity index is 780. The zero-order valence-electron chi connectivity index (χ0n) is 14.5. The lowest BCUT2D eigenvalue weighted by Gasteiger charge is -2.17. The van der Waals surface area contributed by atoms with Crippen LogP contribution in [0.3, 0.4) is 0 Å². The fourth-order valence-corrected chi connectivity index (χ4v) is 4.73. The van der Waals surface area contributed by atoms with Gasteiger partial charge in [-0.2, -0.15) is 0 Å². The number of ether oxygens (including phenoxy) is 1. The average Bonchev–Trinajstić information content (AvgIpc) is 3.09. The third-order valence-electron chi connectivity index (χ3n) is 4.96. The van der Waals surface area contributed by atoms with Crippen LogP contribution in [0.4, 0.5) is 5.69 Å². The molecule has 0 saturated carbocycles. The zero-order chi connectivity index (χ0) is 17.7. The third-order valence-corrected chi connectivity index (χ3v) is 6.36. The molecule has 1 aromatic carbocycles. The van der Waals surface area contributed by atoms with E-state index in [2.05, 4.69) is 4.72 Å². The van der Waals surface area contributed by atoms with Crippen LogP contribution in [-0.4, -0.2) is 40.6 Å². The molecule has 7 heteroatoms. The first-order valence-electron chi connectivity index (χ1n) is 8.19. The fourth-order valence-electron chi connectivity index (χ4n) is 3.55. The number of carbonyl (C=O) groups is 1. The number of aryl methyl sites for hydroxylation is 1. The van der Waals surface area contributed by atoms with E-state index in [9.17, 15) is 13.2 Å². The highest BCUT2D eigenvalue weighted by Crippen LogP contribution is 2.43. The number of likely N-dealkylation sites (N-methyl/N-ethyl adjacent to an activating group) is 1. The summed E-state index contributed by atoms with van der Waals surface area (Å²) in [6.07, 6.45) is 1.78. The molecule has 1 N–H and O–H groups in total. The van der Waals surface area contributed by atoms with Gasteiger partial charge in [-0.15, -0.1) is 0 Å². The van der Waals surface area contributed by atoms with E-state index in [1.54, 1.807) is 24.1 Å². The monoisotopic (exact) mass is 352 g/mol. The number of hydrogen-bond acceptors (Lipinski definition) is 4. The molecule has 0 bridgehead atoms. The van der Waals surface area contributed by atoms with Gasteiger partial charge in [0, 0.05) is 20.2 Å². The van der Waals surface area contributed by atoms with Crippen LogP contribution in [0.1, 0.15) is 37.8 Å². The second-order valence-corrected chi connectivity index (χ2v) is 8.88. The van der Waals surface area contributed by atoms with Crippen LogP contribution in [0.25, 0.3) is 0 Å². The summed E-state index contributed by atoms with van der Waals surface area (Å²) < 4.78 is 33.4. The van der Waals surface area contributed by atoms with E-state index >= 15 is 0 Å². The summed E-state index contributed by atoms with van der Waals surface area (Å²) in [7, 11) is -1.91. The number of hydrogen-bond donors (Lipinski definition) is 1. The van der Waals surface area contributed by atoms with E-state index in [-0.39, 0.29) is 23.5 Å². The van der Waals surface area contributed by atoms with Crippen LogP contribution in [0.2, 0.25) is 0 Å². The van der Waals surface area contributed by atoms with Crippen molar-refractivity contribution in [3.8, 4) is 0 Å². The van der Waals surface area contributed by atoms with Crippen molar-refractivity contribution in [3.63, 3.8) is 0 Å². The Balaban J connectivity index is 1.94. The molecule has 1 saturated heterocycles. The van der Waals surface area contributed by atoms with Crippen LogP contribution in [0, 0.1) is 6.92 Å². The summed E-state index contributed by atoms with van der Waals surface area (Å²) >= 11 is 0. The Morgan fingerprint density at radius 3 is 2.71 bits per heavy atom. The average molecular weight is 352 g/mol. The highest BCUT2D eigenvalue weighted by Gasteiger charge is 2.43. The van der Waals surface area contributed by atoms with Crippen molar-refractivity contribution < 1.29 is 17.9 Å². The third kappa shape index (κ3) is 2.74. The van der Waals surface area contributed by atoms with Gasteiger partial charge in [-0.25, -0.2) is 13.1 Å². The van der Waals surface area contributed by atoms with Gasteiger partial charge in [-0.1, -0.05) is 0 Å². The van der Waals surface area contributed by atoms with E-state index in [1.807, 2.05) is 20.8 Å². The maximum Gasteiger partial charge on any atom is 0.240 e. The molecule has 1 fully saturated rings. The van der Waals surface area contributed by atoms with Crippen molar-refractivity contribution in [2.24, 2.45) is 0 Å². The Morgan fingerprint density at radius 1 is 1.38 bits per heavy atom. The first kappa shape index (κ1) is 17.4. The summed E-state index contributed by atoms with van der Waals surface area (Å²) in [5.41, 5.74) is 1.62. The summed E-state index contributed by atoms with van der Waals surface area (Å²) in [5.74, 6) is -0.0255. The summed E-state index contributed by atoms with van der Waals surface area (Å²) in [5, 5.41) is 0. The van der Waals surface area contributed by atoms with Crippen molar-refractivity contribution in [1.29, 1.82) is 0 Å². The Hall–Kier alpha value is -1.44. The molecule has 2 aliphatic rings. The SMILES string of the molecule is Cc1cc(S(=O)(=O)NC[C@H]2CCCO2)cc2c1N(C)C(=O)C2(C)C. The Morgan fingerprint density at radius 2 is 2.08 bits per heavy atom. The Kier molecular flexibility index (Phi) is 4.22. The lowest BCUT2D eigenvalue weighted by Crippen LogP contribution is -2.33. The molecule has 0 aliphatic carbocycles. The molecule has 1 atom stereocenters. The normalized spacial score (nSPS) is 22.9. The zero-order valence-corrected chi connectivity index (χ0v) is 15.4. The molecule has 0 spiro atoms. The fraction of sp³-hybridized carbons (Fsp3) is 0.588. The molecular weight excluding hydrogens is 328 g/mol. The van der Waals surface area contributed by atoms with E-state index in [4.69, 9.17) is 4.74 Å². The number of nitrogens with one attached hydrogen (secondary N) is 1. The lowest BCUT2D eigenvalue weighted by molar-refractivity contribution is -0.121. The minimum atomic E-state index is -3.64. The molecule has 0 radical (unpaired) electrons. The van der Waals surface area contributed by atoms with Gasteiger partial charge in [0.1, 0.15) is 0 Å². The topological polar surface area (TPSA) is 75.7 Å². The molecule has 0 aromatic heterocycles. The smallest absolute Gasteiger partial charge is 0.240 e. The van der Waals surface area contributed by atoms with Crippen molar-refractivity contribution in [1.82, 2.24) is 4.72 Å². The molecule has 2 heterocycles. The maximum atomic E-state index is 12.6. The van der Waals surface area contributed by atoms with E-state index in [0.29, 0.717) is 6.61 Å². The van der Waals surface area contributed by atoms with Gasteiger partial charge >= 0.3 is 0 Å². The molecule has 1 amide bonds.